The van der Waals surface area contributed by atoms with Crippen LogP contribution in [0.25, 0.3) is 0 Å². The maximum atomic E-state index is 5.60. The highest BCUT2D eigenvalue weighted by molar-refractivity contribution is 8.06. The summed E-state index contributed by atoms with van der Waals surface area (Å²) in [7, 11) is 0. The van der Waals surface area contributed by atoms with E-state index in [9.17, 15) is 0 Å². The minimum Gasteiger partial charge on any atom is -0.483 e. The van der Waals surface area contributed by atoms with E-state index >= 15 is 0 Å². The fraction of sp³-hybridized carbons (Fsp3) is 0.667. The molecule has 0 aromatic rings. The smallest absolute Gasteiger partial charge is 0.189 e. The number of hydrogen-bond acceptors (Lipinski definition) is 1. The van der Waals surface area contributed by atoms with Gasteiger partial charge in [-0.3, -0.25) is 0 Å². The average molecular weight is 235 g/mol. The van der Waals surface area contributed by atoms with E-state index in [-0.39, 0.29) is 0 Å². The van der Waals surface area contributed by atoms with Crippen LogP contribution in [0.2, 0.25) is 0 Å². The Kier molecular flexibility index (Phi) is 8.06. The number of ether oxygens (including phenoxy) is 1. The third-order valence-corrected chi connectivity index (χ3v) is 2.32. The van der Waals surface area contributed by atoms with E-state index in [1.54, 1.807) is 0 Å². The lowest BCUT2D eigenvalue weighted by molar-refractivity contribution is 0.231. The minimum atomic E-state index is -1.14. The second kappa shape index (κ2) is 7.49. The molecule has 0 fully saturated rings. The molecular formula is C6H10Cl3OP. The van der Waals surface area contributed by atoms with E-state index in [4.69, 9.17) is 38.8 Å². The molecule has 0 unspecified atom stereocenters. The van der Waals surface area contributed by atoms with Crippen LogP contribution in [0.3, 0.4) is 0 Å². The van der Waals surface area contributed by atoms with Gasteiger partial charge >= 0.3 is 0 Å². The summed E-state index contributed by atoms with van der Waals surface area (Å²) in [5.41, 5.74) is 0. The summed E-state index contributed by atoms with van der Waals surface area (Å²) in [4.78, 5) is 0. The van der Waals surface area contributed by atoms with Crippen molar-refractivity contribution in [1.82, 2.24) is 0 Å². The van der Waals surface area contributed by atoms with Crippen molar-refractivity contribution in [2.75, 3.05) is 6.61 Å². The standard InChI is InChI=1S/C6H10Cl3OP/c1-2-3-4-10-6(7)5-11(8)9/h5H,2-4H2,1H3/b6-5+. The topological polar surface area (TPSA) is 9.23 Å². The Morgan fingerprint density at radius 2 is 2.18 bits per heavy atom. The molecule has 0 aliphatic carbocycles. The van der Waals surface area contributed by atoms with Gasteiger partial charge in [-0.1, -0.05) is 35.8 Å². The zero-order chi connectivity index (χ0) is 8.69. The number of hydrogen-bond donors (Lipinski definition) is 0. The van der Waals surface area contributed by atoms with Crippen molar-refractivity contribution >= 4 is 40.7 Å². The van der Waals surface area contributed by atoms with E-state index in [1.807, 2.05) is 0 Å². The Labute approximate surface area is 83.0 Å². The molecule has 11 heavy (non-hydrogen) atoms. The monoisotopic (exact) mass is 234 g/mol. The van der Waals surface area contributed by atoms with Crippen LogP contribution in [-0.4, -0.2) is 6.61 Å². The van der Waals surface area contributed by atoms with Gasteiger partial charge in [0.25, 0.3) is 0 Å². The van der Waals surface area contributed by atoms with E-state index in [1.165, 1.54) is 5.82 Å². The Hall–Kier alpha value is 0.840. The highest BCUT2D eigenvalue weighted by atomic mass is 35.9. The SMILES string of the molecule is CCCCO/C(Cl)=C/P(Cl)Cl. The Bertz CT molecular complexity index is 127. The lowest BCUT2D eigenvalue weighted by Gasteiger charge is -2.02. The zero-order valence-corrected chi connectivity index (χ0v) is 9.35. The molecule has 66 valence electrons. The van der Waals surface area contributed by atoms with Crippen molar-refractivity contribution in [3.63, 3.8) is 0 Å². The van der Waals surface area contributed by atoms with Gasteiger partial charge in [-0.15, -0.1) is 0 Å². The van der Waals surface area contributed by atoms with Gasteiger partial charge in [0.2, 0.25) is 0 Å². The Morgan fingerprint density at radius 1 is 1.55 bits per heavy atom. The highest BCUT2D eigenvalue weighted by Crippen LogP contribution is 2.49. The van der Waals surface area contributed by atoms with Crippen LogP contribution in [0.1, 0.15) is 19.8 Å². The lowest BCUT2D eigenvalue weighted by atomic mass is 10.4. The lowest BCUT2D eigenvalue weighted by Crippen LogP contribution is -1.88. The molecule has 0 saturated carbocycles. The van der Waals surface area contributed by atoms with Gasteiger partial charge in [0, 0.05) is 5.82 Å². The molecule has 0 amide bonds. The summed E-state index contributed by atoms with van der Waals surface area (Å²) in [5, 5.41) is 0.301. The Morgan fingerprint density at radius 3 is 2.64 bits per heavy atom. The molecule has 0 atom stereocenters. The van der Waals surface area contributed by atoms with Gasteiger partial charge in [-0.25, -0.2) is 0 Å². The minimum absolute atomic E-state index is 0.301. The second-order valence-corrected chi connectivity index (χ2v) is 5.75. The van der Waals surface area contributed by atoms with Crippen LogP contribution in [0.4, 0.5) is 0 Å². The first-order valence-electron chi connectivity index (χ1n) is 3.27. The fourth-order valence-electron chi connectivity index (χ4n) is 0.428. The van der Waals surface area contributed by atoms with E-state index < -0.39 is 6.63 Å². The maximum Gasteiger partial charge on any atom is 0.189 e. The zero-order valence-electron chi connectivity index (χ0n) is 6.19. The average Bonchev–Trinajstić information content (AvgIpc) is 1.86. The third-order valence-electron chi connectivity index (χ3n) is 0.937. The predicted octanol–water partition coefficient (Wildman–Crippen LogP) is 4.63. The molecule has 0 bridgehead atoms. The van der Waals surface area contributed by atoms with Crippen LogP contribution in [0.15, 0.2) is 11.0 Å². The fourth-order valence-corrected chi connectivity index (χ4v) is 1.86. The van der Waals surface area contributed by atoms with E-state index in [0.29, 0.717) is 11.8 Å². The molecular weight excluding hydrogens is 225 g/mol. The van der Waals surface area contributed by atoms with Crippen molar-refractivity contribution in [2.24, 2.45) is 0 Å². The largest absolute Gasteiger partial charge is 0.483 e. The number of unbranched alkanes of at least 4 members (excludes halogenated alkanes) is 1. The Balaban J connectivity index is 3.43. The van der Waals surface area contributed by atoms with Crippen LogP contribution < -0.4 is 0 Å². The van der Waals surface area contributed by atoms with Crippen LogP contribution in [0.5, 0.6) is 0 Å². The summed E-state index contributed by atoms with van der Waals surface area (Å²) in [6.45, 7) is 1.57. The van der Waals surface area contributed by atoms with Crippen LogP contribution >= 0.6 is 40.7 Å². The predicted molar refractivity (Wildman–Crippen MR) is 53.4 cm³/mol. The molecule has 0 aromatic heterocycles. The first-order chi connectivity index (χ1) is 5.16. The van der Waals surface area contributed by atoms with E-state index in [0.717, 1.165) is 12.8 Å². The molecule has 0 rings (SSSR count). The second-order valence-electron chi connectivity index (χ2n) is 1.89. The van der Waals surface area contributed by atoms with Gasteiger partial charge in [0.15, 0.2) is 5.22 Å². The van der Waals surface area contributed by atoms with Crippen LogP contribution in [0, 0.1) is 0 Å². The first kappa shape index (κ1) is 11.8. The quantitative estimate of drug-likeness (QED) is 0.383. The van der Waals surface area contributed by atoms with Gasteiger partial charge in [-0.2, -0.15) is 0 Å². The number of halogens is 3. The van der Waals surface area contributed by atoms with Crippen molar-refractivity contribution in [3.8, 4) is 0 Å². The van der Waals surface area contributed by atoms with Crippen molar-refractivity contribution in [1.29, 1.82) is 0 Å². The summed E-state index contributed by atoms with van der Waals surface area (Å²) in [5.74, 6) is 1.51. The van der Waals surface area contributed by atoms with Gasteiger partial charge in [-0.05, 0) is 18.0 Å². The molecule has 0 N–H and O–H groups in total. The molecule has 5 heteroatoms. The van der Waals surface area contributed by atoms with Crippen molar-refractivity contribution < 1.29 is 4.74 Å². The molecule has 0 heterocycles. The summed E-state index contributed by atoms with van der Waals surface area (Å²) >= 11 is 16.5. The van der Waals surface area contributed by atoms with Crippen molar-refractivity contribution in [2.45, 2.75) is 19.8 Å². The normalized spacial score (nSPS) is 12.3. The third kappa shape index (κ3) is 8.75. The van der Waals surface area contributed by atoms with E-state index in [2.05, 4.69) is 6.92 Å². The summed E-state index contributed by atoms with van der Waals surface area (Å²) in [6.07, 6.45) is 2.08. The molecule has 0 saturated heterocycles. The van der Waals surface area contributed by atoms with Crippen molar-refractivity contribution in [3.05, 3.63) is 11.0 Å². The van der Waals surface area contributed by atoms with Gasteiger partial charge < -0.3 is 4.74 Å². The van der Waals surface area contributed by atoms with Gasteiger partial charge in [0.1, 0.15) is 6.63 Å². The highest BCUT2D eigenvalue weighted by Gasteiger charge is 1.97. The molecule has 0 aliphatic rings. The molecule has 0 radical (unpaired) electrons. The van der Waals surface area contributed by atoms with Gasteiger partial charge in [0.05, 0.1) is 6.61 Å². The number of rotatable bonds is 5. The molecule has 1 nitrogen and oxygen atoms in total. The molecule has 0 spiro atoms. The summed E-state index contributed by atoms with van der Waals surface area (Å²) in [6, 6.07) is 0. The molecule has 0 aliphatic heterocycles. The molecule has 0 aromatic carbocycles. The summed E-state index contributed by atoms with van der Waals surface area (Å²) < 4.78 is 5.07. The maximum absolute atomic E-state index is 5.60. The van der Waals surface area contributed by atoms with Crippen LogP contribution in [-0.2, 0) is 4.74 Å². The first-order valence-corrected chi connectivity index (χ1v) is 6.87.